The number of benzene rings is 1. The average molecular weight is 347 g/mol. The Balaban J connectivity index is 1.50. The fourth-order valence-electron chi connectivity index (χ4n) is 3.54. The lowest BCUT2D eigenvalue weighted by atomic mass is 9.96. The van der Waals surface area contributed by atoms with E-state index < -0.39 is 0 Å². The molecule has 1 aromatic carbocycles. The minimum Gasteiger partial charge on any atom is -0.337 e. The Hall–Kier alpha value is -3.02. The molecule has 0 spiro atoms. The molecule has 6 heteroatoms. The Kier molecular flexibility index (Phi) is 4.73. The summed E-state index contributed by atoms with van der Waals surface area (Å²) < 4.78 is 2.19. The highest BCUT2D eigenvalue weighted by Crippen LogP contribution is 2.27. The average Bonchev–Trinajstić information content (AvgIpc) is 3.17. The van der Waals surface area contributed by atoms with Crippen molar-refractivity contribution < 1.29 is 4.79 Å². The third-order valence-corrected chi connectivity index (χ3v) is 4.80. The Morgan fingerprint density at radius 3 is 2.81 bits per heavy atom. The number of rotatable bonds is 4. The number of carbonyl (C=O) groups excluding carboxylic acids is 1. The van der Waals surface area contributed by atoms with Gasteiger partial charge in [-0.25, -0.2) is 9.97 Å². The molecule has 1 unspecified atom stereocenters. The van der Waals surface area contributed by atoms with Gasteiger partial charge in [0.05, 0.1) is 6.20 Å². The first-order valence-corrected chi connectivity index (χ1v) is 8.91. The molecule has 132 valence electrons. The molecule has 1 aliphatic rings. The minimum absolute atomic E-state index is 0.0519. The summed E-state index contributed by atoms with van der Waals surface area (Å²) in [6, 6.07) is 10.4. The van der Waals surface area contributed by atoms with E-state index >= 15 is 0 Å². The van der Waals surface area contributed by atoms with E-state index in [4.69, 9.17) is 0 Å². The third kappa shape index (κ3) is 3.49. The number of imidazole rings is 1. The van der Waals surface area contributed by atoms with Crippen molar-refractivity contribution in [2.24, 2.45) is 0 Å². The van der Waals surface area contributed by atoms with E-state index in [9.17, 15) is 4.79 Å². The standard InChI is InChI=1S/C20H21N5O/c26-20(18-13-21-8-9-22-18)25-11-4-7-17(15-25)19-23-10-12-24(19)14-16-5-2-1-3-6-16/h1-3,5-6,8-10,12-13,17H,4,7,11,14-15H2. The zero-order valence-electron chi connectivity index (χ0n) is 14.5. The van der Waals surface area contributed by atoms with Crippen LogP contribution in [0.15, 0.2) is 61.3 Å². The van der Waals surface area contributed by atoms with Gasteiger partial charge in [0.15, 0.2) is 0 Å². The largest absolute Gasteiger partial charge is 0.337 e. The van der Waals surface area contributed by atoms with E-state index in [-0.39, 0.29) is 11.8 Å². The number of hydrogen-bond acceptors (Lipinski definition) is 4. The van der Waals surface area contributed by atoms with Crippen molar-refractivity contribution in [1.82, 2.24) is 24.4 Å². The van der Waals surface area contributed by atoms with Gasteiger partial charge in [-0.1, -0.05) is 30.3 Å². The minimum atomic E-state index is -0.0519. The van der Waals surface area contributed by atoms with Crippen molar-refractivity contribution in [1.29, 1.82) is 0 Å². The smallest absolute Gasteiger partial charge is 0.274 e. The van der Waals surface area contributed by atoms with Crippen LogP contribution >= 0.6 is 0 Å². The Morgan fingerprint density at radius 2 is 2.00 bits per heavy atom. The summed E-state index contributed by atoms with van der Waals surface area (Å²) in [4.78, 5) is 27.3. The number of carbonyl (C=O) groups is 1. The highest BCUT2D eigenvalue weighted by Gasteiger charge is 2.28. The summed E-state index contributed by atoms with van der Waals surface area (Å²) in [5.41, 5.74) is 1.65. The first-order valence-electron chi connectivity index (χ1n) is 8.91. The van der Waals surface area contributed by atoms with Crippen LogP contribution in [0, 0.1) is 0 Å². The summed E-state index contributed by atoms with van der Waals surface area (Å²) in [6.45, 7) is 2.22. The Bertz CT molecular complexity index is 862. The number of piperidine rings is 1. The lowest BCUT2D eigenvalue weighted by Crippen LogP contribution is -2.40. The number of hydrogen-bond donors (Lipinski definition) is 0. The quantitative estimate of drug-likeness (QED) is 0.728. The normalized spacial score (nSPS) is 17.2. The van der Waals surface area contributed by atoms with Gasteiger partial charge in [0.25, 0.3) is 5.91 Å². The Morgan fingerprint density at radius 1 is 1.12 bits per heavy atom. The molecule has 4 rings (SSSR count). The zero-order valence-corrected chi connectivity index (χ0v) is 14.5. The summed E-state index contributed by atoms with van der Waals surface area (Å²) in [5.74, 6) is 1.23. The first-order chi connectivity index (χ1) is 12.8. The fraction of sp³-hybridized carbons (Fsp3) is 0.300. The van der Waals surface area contributed by atoms with Gasteiger partial charge < -0.3 is 9.47 Å². The van der Waals surface area contributed by atoms with Gasteiger partial charge >= 0.3 is 0 Å². The van der Waals surface area contributed by atoms with E-state index in [1.807, 2.05) is 35.5 Å². The van der Waals surface area contributed by atoms with E-state index in [1.54, 1.807) is 12.4 Å². The lowest BCUT2D eigenvalue weighted by molar-refractivity contribution is 0.0697. The van der Waals surface area contributed by atoms with Gasteiger partial charge in [-0.15, -0.1) is 0 Å². The maximum absolute atomic E-state index is 12.7. The van der Waals surface area contributed by atoms with Gasteiger partial charge in [-0.2, -0.15) is 0 Å². The second-order valence-electron chi connectivity index (χ2n) is 6.58. The molecule has 1 saturated heterocycles. The highest BCUT2D eigenvalue weighted by molar-refractivity contribution is 5.92. The van der Waals surface area contributed by atoms with E-state index in [2.05, 4.69) is 31.7 Å². The summed E-state index contributed by atoms with van der Waals surface area (Å²) in [5, 5.41) is 0. The van der Waals surface area contributed by atoms with Crippen LogP contribution in [0.3, 0.4) is 0 Å². The van der Waals surface area contributed by atoms with Gasteiger partial charge in [0, 0.05) is 50.3 Å². The SMILES string of the molecule is O=C(c1cnccn1)N1CCCC(c2nccn2Cc2ccccc2)C1. The molecule has 0 radical (unpaired) electrons. The number of likely N-dealkylation sites (tertiary alicyclic amines) is 1. The number of aromatic nitrogens is 4. The molecule has 1 aliphatic heterocycles. The van der Waals surface area contributed by atoms with E-state index in [1.165, 1.54) is 11.8 Å². The molecule has 1 atom stereocenters. The molecular formula is C20H21N5O. The molecule has 1 fully saturated rings. The fourth-order valence-corrected chi connectivity index (χ4v) is 3.54. The van der Waals surface area contributed by atoms with Crippen LogP contribution in [0.25, 0.3) is 0 Å². The van der Waals surface area contributed by atoms with Crippen LogP contribution in [0.1, 0.15) is 40.6 Å². The van der Waals surface area contributed by atoms with Crippen LogP contribution in [0.5, 0.6) is 0 Å². The predicted octanol–water partition coefficient (Wildman–Crippen LogP) is 2.74. The Labute approximate surface area is 152 Å². The van der Waals surface area contributed by atoms with Gasteiger partial charge in [-0.3, -0.25) is 9.78 Å². The van der Waals surface area contributed by atoms with Crippen LogP contribution in [0.4, 0.5) is 0 Å². The molecule has 26 heavy (non-hydrogen) atoms. The molecule has 1 amide bonds. The van der Waals surface area contributed by atoms with Crippen molar-refractivity contribution in [3.63, 3.8) is 0 Å². The summed E-state index contributed by atoms with van der Waals surface area (Å²) >= 11 is 0. The van der Waals surface area contributed by atoms with Crippen LogP contribution < -0.4 is 0 Å². The van der Waals surface area contributed by atoms with Gasteiger partial charge in [0.2, 0.25) is 0 Å². The van der Waals surface area contributed by atoms with Crippen molar-refractivity contribution in [3.05, 3.63) is 78.4 Å². The van der Waals surface area contributed by atoms with Crippen molar-refractivity contribution >= 4 is 5.91 Å². The van der Waals surface area contributed by atoms with Crippen molar-refractivity contribution in [3.8, 4) is 0 Å². The van der Waals surface area contributed by atoms with Crippen molar-refractivity contribution in [2.75, 3.05) is 13.1 Å². The number of amides is 1. The highest BCUT2D eigenvalue weighted by atomic mass is 16.2. The number of nitrogens with zero attached hydrogens (tertiary/aromatic N) is 5. The van der Waals surface area contributed by atoms with Crippen LogP contribution in [-0.2, 0) is 6.54 Å². The van der Waals surface area contributed by atoms with E-state index in [0.717, 1.165) is 31.8 Å². The predicted molar refractivity (Wildman–Crippen MR) is 97.7 cm³/mol. The van der Waals surface area contributed by atoms with Crippen LogP contribution in [0.2, 0.25) is 0 Å². The molecule has 0 saturated carbocycles. The lowest BCUT2D eigenvalue weighted by Gasteiger charge is -2.32. The topological polar surface area (TPSA) is 63.9 Å². The van der Waals surface area contributed by atoms with E-state index in [0.29, 0.717) is 12.2 Å². The van der Waals surface area contributed by atoms with Gasteiger partial charge in [-0.05, 0) is 18.4 Å². The molecule has 3 heterocycles. The maximum atomic E-state index is 12.7. The molecule has 2 aromatic heterocycles. The molecule has 0 aliphatic carbocycles. The molecule has 6 nitrogen and oxygen atoms in total. The third-order valence-electron chi connectivity index (χ3n) is 4.80. The molecule has 3 aromatic rings. The van der Waals surface area contributed by atoms with Crippen LogP contribution in [-0.4, -0.2) is 43.4 Å². The maximum Gasteiger partial charge on any atom is 0.274 e. The van der Waals surface area contributed by atoms with Gasteiger partial charge in [0.1, 0.15) is 11.5 Å². The zero-order chi connectivity index (χ0) is 17.8. The molecular weight excluding hydrogens is 326 g/mol. The summed E-state index contributed by atoms with van der Waals surface area (Å²) in [6.07, 6.45) is 10.5. The second kappa shape index (κ2) is 7.47. The molecule has 0 bridgehead atoms. The second-order valence-corrected chi connectivity index (χ2v) is 6.58. The van der Waals surface area contributed by atoms with Crippen molar-refractivity contribution in [2.45, 2.75) is 25.3 Å². The monoisotopic (exact) mass is 347 g/mol. The summed E-state index contributed by atoms with van der Waals surface area (Å²) in [7, 11) is 0. The first kappa shape index (κ1) is 16.4. The molecule has 0 N–H and O–H groups in total.